The van der Waals surface area contributed by atoms with E-state index in [2.05, 4.69) is 33.1 Å². The lowest BCUT2D eigenvalue weighted by Crippen LogP contribution is -2.40. The van der Waals surface area contributed by atoms with Gasteiger partial charge in [-0.25, -0.2) is 0 Å². The highest BCUT2D eigenvalue weighted by Crippen LogP contribution is 2.36. The minimum Gasteiger partial charge on any atom is -0.396 e. The predicted octanol–water partition coefficient (Wildman–Crippen LogP) is 3.93. The van der Waals surface area contributed by atoms with Gasteiger partial charge in [0, 0.05) is 46.9 Å². The first kappa shape index (κ1) is 22.7. The fourth-order valence-corrected chi connectivity index (χ4v) is 4.81. The smallest absolute Gasteiger partial charge is 0.229 e. The maximum Gasteiger partial charge on any atom is 0.229 e. The van der Waals surface area contributed by atoms with Crippen molar-refractivity contribution in [1.82, 2.24) is 5.32 Å². The van der Waals surface area contributed by atoms with Crippen LogP contribution >= 0.6 is 15.9 Å². The van der Waals surface area contributed by atoms with Crippen LogP contribution in [-0.2, 0) is 16.0 Å². The molecule has 2 unspecified atom stereocenters. The number of hydrogen-bond acceptors (Lipinski definition) is 4. The van der Waals surface area contributed by atoms with Crippen LogP contribution in [0.1, 0.15) is 79.3 Å². The summed E-state index contributed by atoms with van der Waals surface area (Å²) in [5, 5.41) is 11.2. The molecule has 0 aromatic heterocycles. The Balaban J connectivity index is 1.56. The summed E-state index contributed by atoms with van der Waals surface area (Å²) in [4.78, 5) is 36.2. The largest absolute Gasteiger partial charge is 0.396 e. The quantitative estimate of drug-likeness (QED) is 0.340. The molecule has 6 heteroatoms. The molecule has 0 saturated carbocycles. The van der Waals surface area contributed by atoms with E-state index in [0.29, 0.717) is 32.1 Å². The number of aliphatic hydroxyl groups is 1. The van der Waals surface area contributed by atoms with E-state index in [1.165, 1.54) is 0 Å². The predicted molar refractivity (Wildman–Crippen MR) is 118 cm³/mol. The zero-order valence-corrected chi connectivity index (χ0v) is 18.7. The molecule has 1 aromatic carbocycles. The molecule has 0 bridgehead atoms. The van der Waals surface area contributed by atoms with Crippen molar-refractivity contribution in [2.75, 3.05) is 6.61 Å². The highest BCUT2D eigenvalue weighted by molar-refractivity contribution is 9.10. The van der Waals surface area contributed by atoms with E-state index in [0.717, 1.165) is 53.3 Å². The van der Waals surface area contributed by atoms with Gasteiger partial charge in [0.1, 0.15) is 0 Å². The van der Waals surface area contributed by atoms with E-state index in [-0.39, 0.29) is 36.0 Å². The van der Waals surface area contributed by atoms with Crippen LogP contribution in [0.4, 0.5) is 0 Å². The summed E-state index contributed by atoms with van der Waals surface area (Å²) in [6.45, 7) is 0.247. The van der Waals surface area contributed by atoms with Gasteiger partial charge < -0.3 is 5.11 Å². The Morgan fingerprint density at radius 3 is 2.60 bits per heavy atom. The first-order valence-corrected chi connectivity index (χ1v) is 11.6. The number of amides is 2. The Morgan fingerprint density at radius 1 is 1.07 bits per heavy atom. The second-order valence-corrected chi connectivity index (χ2v) is 9.02. The van der Waals surface area contributed by atoms with E-state index in [1.807, 2.05) is 12.1 Å². The SMILES string of the molecule is O=C1CCC(CCC2Cc3c(Br)cc(C#CCCCCCCO)cc3C2=O)C(=O)N1. The molecular weight excluding hydrogens is 446 g/mol. The molecular formula is C24H28BrNO4. The Kier molecular flexibility index (Phi) is 8.24. The molecule has 0 radical (unpaired) electrons. The molecule has 0 spiro atoms. The van der Waals surface area contributed by atoms with Crippen LogP contribution in [0.3, 0.4) is 0 Å². The fraction of sp³-hybridized carbons (Fsp3) is 0.542. The molecule has 2 N–H and O–H groups in total. The minimum absolute atomic E-state index is 0.114. The summed E-state index contributed by atoms with van der Waals surface area (Å²) in [5.74, 6) is 5.78. The number of halogens is 1. The van der Waals surface area contributed by atoms with Gasteiger partial charge in [-0.1, -0.05) is 40.6 Å². The van der Waals surface area contributed by atoms with Gasteiger partial charge in [0.2, 0.25) is 11.8 Å². The summed E-state index contributed by atoms with van der Waals surface area (Å²) in [5.41, 5.74) is 2.61. The van der Waals surface area contributed by atoms with Crippen molar-refractivity contribution in [2.24, 2.45) is 11.8 Å². The van der Waals surface area contributed by atoms with Crippen molar-refractivity contribution in [2.45, 2.75) is 64.2 Å². The number of nitrogens with one attached hydrogen (secondary N) is 1. The Hall–Kier alpha value is -1.97. The van der Waals surface area contributed by atoms with Crippen LogP contribution in [0.5, 0.6) is 0 Å². The van der Waals surface area contributed by atoms with Crippen LogP contribution in [0, 0.1) is 23.7 Å². The van der Waals surface area contributed by atoms with Crippen molar-refractivity contribution in [3.63, 3.8) is 0 Å². The van der Waals surface area contributed by atoms with Gasteiger partial charge in [-0.05, 0) is 56.2 Å². The van der Waals surface area contributed by atoms with Crippen molar-refractivity contribution in [3.8, 4) is 11.8 Å². The number of fused-ring (bicyclic) bond motifs is 1. The number of carbonyl (C=O) groups excluding carboxylic acids is 3. The number of aliphatic hydroxyl groups excluding tert-OH is 1. The number of Topliss-reactive ketones (excluding diaryl/α,β-unsaturated/α-hetero) is 1. The topological polar surface area (TPSA) is 83.5 Å². The fourth-order valence-electron chi connectivity index (χ4n) is 4.19. The number of hydrogen-bond donors (Lipinski definition) is 2. The first-order valence-electron chi connectivity index (χ1n) is 10.8. The Morgan fingerprint density at radius 2 is 1.83 bits per heavy atom. The summed E-state index contributed by atoms with van der Waals surface area (Å²) < 4.78 is 0.920. The maximum absolute atomic E-state index is 12.9. The van der Waals surface area contributed by atoms with Crippen LogP contribution in [0.25, 0.3) is 0 Å². The summed E-state index contributed by atoms with van der Waals surface area (Å²) in [6.07, 6.45) is 7.67. The molecule has 1 saturated heterocycles. The van der Waals surface area contributed by atoms with Crippen LogP contribution in [0.15, 0.2) is 16.6 Å². The lowest BCUT2D eigenvalue weighted by molar-refractivity contribution is -0.136. The Labute approximate surface area is 186 Å². The number of carbonyl (C=O) groups is 3. The molecule has 3 rings (SSSR count). The second-order valence-electron chi connectivity index (χ2n) is 8.16. The van der Waals surface area contributed by atoms with Gasteiger partial charge in [-0.15, -0.1) is 0 Å². The number of imide groups is 1. The molecule has 1 aliphatic carbocycles. The molecule has 2 amide bonds. The lowest BCUT2D eigenvalue weighted by Gasteiger charge is -2.21. The average Bonchev–Trinajstić information content (AvgIpc) is 3.03. The van der Waals surface area contributed by atoms with Gasteiger partial charge in [0.15, 0.2) is 5.78 Å². The second kappa shape index (κ2) is 10.9. The van der Waals surface area contributed by atoms with Gasteiger partial charge in [0.25, 0.3) is 0 Å². The number of benzene rings is 1. The third-order valence-corrected chi connectivity index (χ3v) is 6.65. The van der Waals surface area contributed by atoms with Gasteiger partial charge >= 0.3 is 0 Å². The Bertz CT molecular complexity index is 883. The zero-order valence-electron chi connectivity index (χ0n) is 17.1. The molecule has 1 aliphatic heterocycles. The van der Waals surface area contributed by atoms with Crippen LogP contribution in [0.2, 0.25) is 0 Å². The molecule has 1 aromatic rings. The summed E-state index contributed by atoms with van der Waals surface area (Å²) in [7, 11) is 0. The normalized spacial score (nSPS) is 20.5. The van der Waals surface area contributed by atoms with E-state index < -0.39 is 0 Å². The number of piperidine rings is 1. The van der Waals surface area contributed by atoms with Crippen LogP contribution < -0.4 is 5.32 Å². The molecule has 2 atom stereocenters. The maximum atomic E-state index is 12.9. The number of unbranched alkanes of at least 4 members (excludes halogenated alkanes) is 4. The van der Waals surface area contributed by atoms with Crippen molar-refractivity contribution < 1.29 is 19.5 Å². The third kappa shape index (κ3) is 5.80. The van der Waals surface area contributed by atoms with Gasteiger partial charge in [0.05, 0.1) is 0 Å². The summed E-state index contributed by atoms with van der Waals surface area (Å²) >= 11 is 3.60. The van der Waals surface area contributed by atoms with E-state index >= 15 is 0 Å². The van der Waals surface area contributed by atoms with Crippen molar-refractivity contribution in [1.29, 1.82) is 0 Å². The van der Waals surface area contributed by atoms with Crippen molar-refractivity contribution >= 4 is 33.5 Å². The molecule has 2 aliphatic rings. The minimum atomic E-state index is -0.205. The van der Waals surface area contributed by atoms with Gasteiger partial charge in [-0.2, -0.15) is 0 Å². The molecule has 30 heavy (non-hydrogen) atoms. The van der Waals surface area contributed by atoms with Crippen molar-refractivity contribution in [3.05, 3.63) is 33.3 Å². The number of rotatable bonds is 8. The standard InChI is InChI=1S/C24H28BrNO4/c25-21-14-16(7-5-3-1-2-4-6-12-27)13-20-19(21)15-18(23(20)29)9-8-17-10-11-22(28)26-24(17)30/h13-14,17-18,27H,1-4,6,8-12,15H2,(H,26,28,30). The molecule has 5 nitrogen and oxygen atoms in total. The molecule has 1 heterocycles. The van der Waals surface area contributed by atoms with E-state index in [9.17, 15) is 14.4 Å². The number of ketones is 1. The highest BCUT2D eigenvalue weighted by Gasteiger charge is 2.34. The monoisotopic (exact) mass is 473 g/mol. The third-order valence-electron chi connectivity index (χ3n) is 5.94. The summed E-state index contributed by atoms with van der Waals surface area (Å²) in [6, 6.07) is 3.88. The van der Waals surface area contributed by atoms with E-state index in [1.54, 1.807) is 0 Å². The average molecular weight is 474 g/mol. The molecule has 160 valence electrons. The lowest BCUT2D eigenvalue weighted by atomic mass is 9.88. The van der Waals surface area contributed by atoms with Gasteiger partial charge in [-0.3, -0.25) is 19.7 Å². The zero-order chi connectivity index (χ0) is 21.5. The van der Waals surface area contributed by atoms with Crippen LogP contribution in [-0.4, -0.2) is 29.3 Å². The first-order chi connectivity index (χ1) is 14.5. The van der Waals surface area contributed by atoms with E-state index in [4.69, 9.17) is 5.11 Å². The molecule has 1 fully saturated rings. The highest BCUT2D eigenvalue weighted by atomic mass is 79.9.